The summed E-state index contributed by atoms with van der Waals surface area (Å²) in [6.45, 7) is 2.35. The molecule has 1 aromatic rings. The summed E-state index contributed by atoms with van der Waals surface area (Å²) in [4.78, 5) is 24.0. The minimum atomic E-state index is -0.630. The van der Waals surface area contributed by atoms with E-state index in [1.54, 1.807) is 14.1 Å². The van der Waals surface area contributed by atoms with Gasteiger partial charge in [0, 0.05) is 26.7 Å². The number of hydrogen-bond donors (Lipinski definition) is 1. The molecule has 0 fully saturated rings. The molecule has 6 heteroatoms. The highest BCUT2D eigenvalue weighted by atomic mass is 16.2. The highest BCUT2D eigenvalue weighted by molar-refractivity contribution is 5.97. The van der Waals surface area contributed by atoms with Crippen LogP contribution in [0.4, 0.5) is 0 Å². The molecule has 0 aliphatic carbocycles. The number of nitrogens with two attached hydrogens (primary N) is 1. The number of hydrogen-bond acceptors (Lipinski definition) is 3. The van der Waals surface area contributed by atoms with Crippen molar-refractivity contribution in [1.29, 1.82) is 0 Å². The zero-order valence-electron chi connectivity index (χ0n) is 9.02. The van der Waals surface area contributed by atoms with E-state index in [-0.39, 0.29) is 11.6 Å². The monoisotopic (exact) mass is 210 g/mol. The molecule has 0 saturated heterocycles. The Bertz CT molecular complexity index is 395. The smallest absolute Gasteiger partial charge is 0.271 e. The minimum Gasteiger partial charge on any atom is -0.364 e. The van der Waals surface area contributed by atoms with E-state index in [4.69, 9.17) is 5.73 Å². The van der Waals surface area contributed by atoms with Crippen LogP contribution >= 0.6 is 0 Å². The summed E-state index contributed by atoms with van der Waals surface area (Å²) >= 11 is 0. The summed E-state index contributed by atoms with van der Waals surface area (Å²) in [6.07, 6.45) is 0. The molecule has 82 valence electrons. The summed E-state index contributed by atoms with van der Waals surface area (Å²) in [5.74, 6) is -0.827. The van der Waals surface area contributed by atoms with E-state index in [1.165, 1.54) is 15.6 Å². The molecule has 0 radical (unpaired) electrons. The van der Waals surface area contributed by atoms with E-state index in [2.05, 4.69) is 5.10 Å². The molecule has 2 amide bonds. The third kappa shape index (κ3) is 2.15. The van der Waals surface area contributed by atoms with Crippen molar-refractivity contribution in [2.24, 2.45) is 5.73 Å². The van der Waals surface area contributed by atoms with Gasteiger partial charge in [0.25, 0.3) is 11.8 Å². The molecular formula is C9H14N4O2. The highest BCUT2D eigenvalue weighted by Gasteiger charge is 2.17. The zero-order valence-corrected chi connectivity index (χ0v) is 9.02. The first kappa shape index (κ1) is 11.2. The van der Waals surface area contributed by atoms with Gasteiger partial charge in [-0.25, -0.2) is 0 Å². The Labute approximate surface area is 87.7 Å². The van der Waals surface area contributed by atoms with Crippen LogP contribution in [0.1, 0.15) is 27.9 Å². The lowest BCUT2D eigenvalue weighted by Gasteiger charge is -2.10. The summed E-state index contributed by atoms with van der Waals surface area (Å²) < 4.78 is 1.46. The van der Waals surface area contributed by atoms with Crippen molar-refractivity contribution >= 4 is 11.8 Å². The number of nitrogens with zero attached hydrogens (tertiary/aromatic N) is 3. The average molecular weight is 210 g/mol. The van der Waals surface area contributed by atoms with Crippen molar-refractivity contribution in [3.8, 4) is 0 Å². The van der Waals surface area contributed by atoms with Gasteiger partial charge in [-0.1, -0.05) is 0 Å². The van der Waals surface area contributed by atoms with Crippen LogP contribution in [0.25, 0.3) is 0 Å². The molecule has 0 saturated carbocycles. The average Bonchev–Trinajstić information content (AvgIpc) is 2.59. The van der Waals surface area contributed by atoms with Gasteiger partial charge in [0.05, 0.1) is 0 Å². The number of rotatable bonds is 3. The number of aromatic nitrogens is 2. The van der Waals surface area contributed by atoms with E-state index in [9.17, 15) is 9.59 Å². The van der Waals surface area contributed by atoms with Crippen molar-refractivity contribution in [2.45, 2.75) is 13.5 Å². The van der Waals surface area contributed by atoms with Gasteiger partial charge in [-0.2, -0.15) is 5.10 Å². The van der Waals surface area contributed by atoms with Gasteiger partial charge >= 0.3 is 0 Å². The van der Waals surface area contributed by atoms with Gasteiger partial charge in [0.15, 0.2) is 5.69 Å². The number of primary amides is 1. The van der Waals surface area contributed by atoms with Crippen LogP contribution < -0.4 is 5.73 Å². The third-order valence-corrected chi connectivity index (χ3v) is 1.96. The van der Waals surface area contributed by atoms with Gasteiger partial charge in [0.2, 0.25) is 0 Å². The van der Waals surface area contributed by atoms with Crippen LogP contribution in [0, 0.1) is 0 Å². The molecule has 1 rings (SSSR count). The quantitative estimate of drug-likeness (QED) is 0.743. The standard InChI is InChI=1S/C9H14N4O2/c1-4-13-7(9(15)12(2)3)5-6(11-13)8(10)14/h5H,4H2,1-3H3,(H2,10,14). The molecule has 1 heterocycles. The second-order valence-corrected chi connectivity index (χ2v) is 3.29. The van der Waals surface area contributed by atoms with E-state index >= 15 is 0 Å². The molecule has 0 aliphatic heterocycles. The van der Waals surface area contributed by atoms with Crippen molar-refractivity contribution in [1.82, 2.24) is 14.7 Å². The molecule has 0 atom stereocenters. The summed E-state index contributed by atoms with van der Waals surface area (Å²) in [5.41, 5.74) is 5.57. The van der Waals surface area contributed by atoms with Crippen molar-refractivity contribution in [2.75, 3.05) is 14.1 Å². The number of aryl methyl sites for hydroxylation is 1. The minimum absolute atomic E-state index is 0.113. The SMILES string of the molecule is CCn1nc(C(N)=O)cc1C(=O)N(C)C. The number of carbonyl (C=O) groups is 2. The predicted molar refractivity (Wildman–Crippen MR) is 54.4 cm³/mol. The van der Waals surface area contributed by atoms with E-state index < -0.39 is 5.91 Å². The zero-order chi connectivity index (χ0) is 11.6. The molecule has 0 unspecified atom stereocenters. The molecule has 0 aliphatic rings. The van der Waals surface area contributed by atoms with Crippen molar-refractivity contribution in [3.05, 3.63) is 17.5 Å². The van der Waals surface area contributed by atoms with Crippen LogP contribution in [-0.4, -0.2) is 40.6 Å². The topological polar surface area (TPSA) is 81.2 Å². The van der Waals surface area contributed by atoms with Gasteiger partial charge in [-0.05, 0) is 6.92 Å². The normalized spacial score (nSPS) is 10.1. The van der Waals surface area contributed by atoms with Crippen molar-refractivity contribution < 1.29 is 9.59 Å². The van der Waals surface area contributed by atoms with Crippen LogP contribution in [-0.2, 0) is 6.54 Å². The number of carbonyl (C=O) groups excluding carboxylic acids is 2. The fourth-order valence-corrected chi connectivity index (χ4v) is 1.18. The Morgan fingerprint density at radius 3 is 2.53 bits per heavy atom. The lowest BCUT2D eigenvalue weighted by atomic mass is 10.3. The summed E-state index contributed by atoms with van der Waals surface area (Å²) in [5, 5.41) is 3.93. The molecule has 0 spiro atoms. The molecule has 0 bridgehead atoms. The second kappa shape index (κ2) is 4.12. The first-order valence-corrected chi connectivity index (χ1v) is 4.56. The lowest BCUT2D eigenvalue weighted by molar-refractivity contribution is 0.0815. The number of amides is 2. The molecular weight excluding hydrogens is 196 g/mol. The third-order valence-electron chi connectivity index (χ3n) is 1.96. The highest BCUT2D eigenvalue weighted by Crippen LogP contribution is 2.06. The lowest BCUT2D eigenvalue weighted by Crippen LogP contribution is -2.24. The van der Waals surface area contributed by atoms with Gasteiger partial charge in [-0.3, -0.25) is 14.3 Å². The van der Waals surface area contributed by atoms with Gasteiger partial charge in [-0.15, -0.1) is 0 Å². The van der Waals surface area contributed by atoms with E-state index in [0.29, 0.717) is 12.2 Å². The predicted octanol–water partition coefficient (Wildman–Crippen LogP) is -0.296. The Kier molecular flexibility index (Phi) is 3.08. The fourth-order valence-electron chi connectivity index (χ4n) is 1.18. The van der Waals surface area contributed by atoms with E-state index in [1.807, 2.05) is 6.92 Å². The maximum Gasteiger partial charge on any atom is 0.271 e. The Hall–Kier alpha value is -1.85. The van der Waals surface area contributed by atoms with Crippen LogP contribution in [0.2, 0.25) is 0 Å². The van der Waals surface area contributed by atoms with Gasteiger partial charge in [0.1, 0.15) is 5.69 Å². The van der Waals surface area contributed by atoms with Gasteiger partial charge < -0.3 is 10.6 Å². The maximum atomic E-state index is 11.7. The molecule has 15 heavy (non-hydrogen) atoms. The Morgan fingerprint density at radius 2 is 2.13 bits per heavy atom. The maximum absolute atomic E-state index is 11.7. The van der Waals surface area contributed by atoms with Crippen LogP contribution in [0.3, 0.4) is 0 Å². The largest absolute Gasteiger partial charge is 0.364 e. The second-order valence-electron chi connectivity index (χ2n) is 3.29. The Balaban J connectivity index is 3.16. The van der Waals surface area contributed by atoms with Crippen molar-refractivity contribution in [3.63, 3.8) is 0 Å². The molecule has 0 aromatic carbocycles. The molecule has 6 nitrogen and oxygen atoms in total. The molecule has 2 N–H and O–H groups in total. The fraction of sp³-hybridized carbons (Fsp3) is 0.444. The first-order chi connectivity index (χ1) is 6.97. The first-order valence-electron chi connectivity index (χ1n) is 4.56. The molecule has 1 aromatic heterocycles. The van der Waals surface area contributed by atoms with E-state index in [0.717, 1.165) is 0 Å². The summed E-state index contributed by atoms with van der Waals surface area (Å²) in [7, 11) is 3.28. The van der Waals surface area contributed by atoms with Crippen LogP contribution in [0.15, 0.2) is 6.07 Å². The summed E-state index contributed by atoms with van der Waals surface area (Å²) in [6, 6.07) is 1.41. The van der Waals surface area contributed by atoms with Crippen LogP contribution in [0.5, 0.6) is 0 Å². The Morgan fingerprint density at radius 1 is 1.53 bits per heavy atom.